The molecule has 0 aromatic heterocycles. The van der Waals surface area contributed by atoms with Crippen molar-refractivity contribution in [2.75, 3.05) is 13.7 Å². The Morgan fingerprint density at radius 1 is 1.37 bits per heavy atom. The van der Waals surface area contributed by atoms with Crippen LogP contribution >= 0.6 is 18.8 Å². The van der Waals surface area contributed by atoms with Crippen LogP contribution in [0.3, 0.4) is 0 Å². The lowest BCUT2D eigenvalue weighted by Crippen LogP contribution is -2.14. The van der Waals surface area contributed by atoms with Gasteiger partial charge in [0.15, 0.2) is 8.01 Å². The molecule has 0 aliphatic carbocycles. The first kappa shape index (κ1) is 16.4. The third kappa shape index (κ3) is 5.48. The number of carbonyl (C=O) groups is 1. The van der Waals surface area contributed by atoms with Gasteiger partial charge in [-0.15, -0.1) is 0 Å². The predicted octanol–water partition coefficient (Wildman–Crippen LogP) is 2.51. The number of carbonyl (C=O) groups excluding carboxylic acids is 1. The Balaban J connectivity index is 2.97. The van der Waals surface area contributed by atoms with E-state index in [2.05, 4.69) is 4.52 Å². The standard InChI is InChI=1S/C11H15O5PS2/c1-3-16-11(12)10(9-7-5-4-6-8-9)18-19(13,14)17-15-2/h4-8,10,17H,3H2,1-2H3. The minimum Gasteiger partial charge on any atom is -0.465 e. The van der Waals surface area contributed by atoms with E-state index in [1.54, 1.807) is 37.3 Å². The van der Waals surface area contributed by atoms with Crippen LogP contribution < -0.4 is 0 Å². The Morgan fingerprint density at radius 3 is 2.53 bits per heavy atom. The summed E-state index contributed by atoms with van der Waals surface area (Å²) >= 11 is 0. The summed E-state index contributed by atoms with van der Waals surface area (Å²) < 4.78 is 33.1. The fourth-order valence-electron chi connectivity index (χ4n) is 1.33. The molecule has 0 spiro atoms. The van der Waals surface area contributed by atoms with E-state index >= 15 is 0 Å². The third-order valence-electron chi connectivity index (χ3n) is 2.01. The molecule has 0 bridgehead atoms. The summed E-state index contributed by atoms with van der Waals surface area (Å²) in [6.45, 7) is 1.88. The highest BCUT2D eigenvalue weighted by Crippen LogP contribution is 2.42. The van der Waals surface area contributed by atoms with Gasteiger partial charge in [-0.25, -0.2) is 8.42 Å². The molecule has 0 heterocycles. The Hall–Kier alpha value is -0.620. The number of rotatable bonds is 7. The van der Waals surface area contributed by atoms with Crippen molar-refractivity contribution in [3.8, 4) is 0 Å². The van der Waals surface area contributed by atoms with Crippen LogP contribution in [-0.2, 0) is 22.5 Å². The molecule has 0 saturated heterocycles. The van der Waals surface area contributed by atoms with Crippen molar-refractivity contribution in [3.63, 3.8) is 0 Å². The van der Waals surface area contributed by atoms with E-state index in [0.29, 0.717) is 16.4 Å². The average Bonchev–Trinajstić information content (AvgIpc) is 2.37. The Labute approximate surface area is 118 Å². The maximum Gasteiger partial charge on any atom is 0.324 e. The SMILES string of the molecule is CCOC(=O)C(SS(=O)(=O)POC)c1ccccc1. The molecule has 1 rings (SSSR count). The van der Waals surface area contributed by atoms with Gasteiger partial charge in [-0.3, -0.25) is 4.79 Å². The molecule has 1 aromatic rings. The normalized spacial score (nSPS) is 13.6. The Kier molecular flexibility index (Phi) is 6.79. The van der Waals surface area contributed by atoms with Gasteiger partial charge in [0.1, 0.15) is 5.25 Å². The molecule has 19 heavy (non-hydrogen) atoms. The largest absolute Gasteiger partial charge is 0.465 e. The van der Waals surface area contributed by atoms with Crippen LogP contribution in [0, 0.1) is 0 Å². The molecular weight excluding hydrogens is 307 g/mol. The van der Waals surface area contributed by atoms with Crippen LogP contribution in [-0.4, -0.2) is 28.1 Å². The van der Waals surface area contributed by atoms with Crippen LogP contribution in [0.5, 0.6) is 0 Å². The zero-order chi connectivity index (χ0) is 14.3. The minimum atomic E-state index is -3.52. The van der Waals surface area contributed by atoms with Gasteiger partial charge in [-0.1, -0.05) is 30.3 Å². The molecule has 5 nitrogen and oxygen atoms in total. The summed E-state index contributed by atoms with van der Waals surface area (Å²) in [6.07, 6.45) is 0. The molecular formula is C11H15O5PS2. The van der Waals surface area contributed by atoms with Crippen LogP contribution in [0.4, 0.5) is 0 Å². The summed E-state index contributed by atoms with van der Waals surface area (Å²) in [7, 11) is -2.36. The van der Waals surface area contributed by atoms with Crippen LogP contribution in [0.2, 0.25) is 0 Å². The number of esters is 1. The van der Waals surface area contributed by atoms with Crippen molar-refractivity contribution < 1.29 is 22.5 Å². The van der Waals surface area contributed by atoms with E-state index in [0.717, 1.165) is 0 Å². The molecule has 0 N–H and O–H groups in total. The van der Waals surface area contributed by atoms with E-state index in [4.69, 9.17) is 4.74 Å². The highest BCUT2D eigenvalue weighted by molar-refractivity contribution is 8.90. The molecule has 0 aliphatic heterocycles. The van der Waals surface area contributed by atoms with Gasteiger partial charge in [-0.05, 0) is 23.3 Å². The van der Waals surface area contributed by atoms with Crippen LogP contribution in [0.1, 0.15) is 17.7 Å². The molecule has 0 saturated carbocycles. The van der Waals surface area contributed by atoms with Gasteiger partial charge < -0.3 is 9.26 Å². The molecule has 0 aliphatic rings. The van der Waals surface area contributed by atoms with Crippen molar-refractivity contribution in [1.82, 2.24) is 0 Å². The molecule has 0 radical (unpaired) electrons. The molecule has 2 unspecified atom stereocenters. The second-order valence-corrected chi connectivity index (χ2v) is 10.4. The van der Waals surface area contributed by atoms with Crippen LogP contribution in [0.25, 0.3) is 0 Å². The quantitative estimate of drug-likeness (QED) is 0.436. The molecule has 1 aromatic carbocycles. The van der Waals surface area contributed by atoms with Gasteiger partial charge in [0.05, 0.1) is 6.61 Å². The zero-order valence-electron chi connectivity index (χ0n) is 10.5. The topological polar surface area (TPSA) is 69.7 Å². The minimum absolute atomic E-state index is 0.204. The second-order valence-electron chi connectivity index (χ2n) is 3.38. The highest BCUT2D eigenvalue weighted by atomic mass is 33.4. The van der Waals surface area contributed by atoms with Gasteiger partial charge in [-0.2, -0.15) is 0 Å². The predicted molar refractivity (Wildman–Crippen MR) is 77.7 cm³/mol. The lowest BCUT2D eigenvalue weighted by Gasteiger charge is -2.14. The maximum absolute atomic E-state index is 11.9. The molecule has 0 fully saturated rings. The highest BCUT2D eigenvalue weighted by Gasteiger charge is 2.29. The first-order valence-electron chi connectivity index (χ1n) is 5.44. The zero-order valence-corrected chi connectivity index (χ0v) is 13.2. The fourth-order valence-corrected chi connectivity index (χ4v) is 6.13. The van der Waals surface area contributed by atoms with E-state index < -0.39 is 27.7 Å². The molecule has 2 atom stereocenters. The lowest BCUT2D eigenvalue weighted by molar-refractivity contribution is -0.142. The molecule has 0 amide bonds. The summed E-state index contributed by atoms with van der Waals surface area (Å²) in [5, 5.41) is -0.895. The summed E-state index contributed by atoms with van der Waals surface area (Å²) in [6, 6.07) is 8.67. The van der Waals surface area contributed by atoms with E-state index in [1.165, 1.54) is 7.11 Å². The number of benzene rings is 1. The smallest absolute Gasteiger partial charge is 0.324 e. The van der Waals surface area contributed by atoms with Gasteiger partial charge in [0, 0.05) is 7.11 Å². The lowest BCUT2D eigenvalue weighted by atomic mass is 10.1. The number of hydrogen-bond donors (Lipinski definition) is 0. The average molecular weight is 322 g/mol. The fraction of sp³-hybridized carbons (Fsp3) is 0.364. The Morgan fingerprint density at radius 2 is 2.00 bits per heavy atom. The Bertz CT molecular complexity index is 503. The first-order chi connectivity index (χ1) is 9.00. The van der Waals surface area contributed by atoms with Gasteiger partial charge in [0.2, 0.25) is 8.49 Å². The monoisotopic (exact) mass is 322 g/mol. The van der Waals surface area contributed by atoms with Crippen molar-refractivity contribution in [2.45, 2.75) is 12.2 Å². The van der Waals surface area contributed by atoms with Crippen molar-refractivity contribution in [3.05, 3.63) is 35.9 Å². The third-order valence-corrected chi connectivity index (χ3v) is 7.22. The number of hydrogen-bond acceptors (Lipinski definition) is 6. The summed E-state index contributed by atoms with van der Waals surface area (Å²) in [5.74, 6) is -0.567. The first-order valence-corrected chi connectivity index (χ1v) is 9.96. The number of ether oxygens (including phenoxy) is 1. The van der Waals surface area contributed by atoms with Crippen molar-refractivity contribution in [2.24, 2.45) is 0 Å². The van der Waals surface area contributed by atoms with Crippen LogP contribution in [0.15, 0.2) is 30.3 Å². The van der Waals surface area contributed by atoms with E-state index in [-0.39, 0.29) is 6.61 Å². The molecule has 8 heteroatoms. The van der Waals surface area contributed by atoms with Gasteiger partial charge in [0.25, 0.3) is 0 Å². The van der Waals surface area contributed by atoms with E-state index in [9.17, 15) is 13.2 Å². The summed E-state index contributed by atoms with van der Waals surface area (Å²) in [4.78, 5) is 11.9. The van der Waals surface area contributed by atoms with E-state index in [1.807, 2.05) is 0 Å². The molecule has 106 valence electrons. The van der Waals surface area contributed by atoms with Crippen molar-refractivity contribution in [1.29, 1.82) is 0 Å². The summed E-state index contributed by atoms with van der Waals surface area (Å²) in [5.41, 5.74) is 0.593. The second kappa shape index (κ2) is 7.85. The van der Waals surface area contributed by atoms with Crippen molar-refractivity contribution >= 4 is 33.3 Å². The maximum atomic E-state index is 11.9. The van der Waals surface area contributed by atoms with Gasteiger partial charge >= 0.3 is 5.97 Å².